The van der Waals surface area contributed by atoms with Crippen LogP contribution in [0.3, 0.4) is 0 Å². The van der Waals surface area contributed by atoms with Crippen LogP contribution in [0, 0.1) is 11.7 Å². The molecule has 0 radical (unpaired) electrons. The molecule has 1 unspecified atom stereocenters. The van der Waals surface area contributed by atoms with E-state index in [1.54, 1.807) is 49.4 Å². The predicted octanol–water partition coefficient (Wildman–Crippen LogP) is 5.52. The number of ether oxygens (including phenoxy) is 3. The van der Waals surface area contributed by atoms with Crippen LogP contribution >= 0.6 is 0 Å². The van der Waals surface area contributed by atoms with E-state index in [0.717, 1.165) is 31.6 Å². The fraction of sp³-hybridized carbons (Fsp3) is 0.345. The van der Waals surface area contributed by atoms with Crippen molar-refractivity contribution < 1.29 is 28.5 Å². The number of carbonyl (C=O) groups is 1. The van der Waals surface area contributed by atoms with Gasteiger partial charge >= 0.3 is 5.97 Å². The van der Waals surface area contributed by atoms with Gasteiger partial charge in [-0.05, 0) is 61.1 Å². The monoisotopic (exact) mass is 493 g/mol. The molecule has 1 atom stereocenters. The third kappa shape index (κ3) is 6.62. The van der Waals surface area contributed by atoms with Gasteiger partial charge in [0.1, 0.15) is 23.9 Å². The fourth-order valence-electron chi connectivity index (χ4n) is 4.35. The van der Waals surface area contributed by atoms with Gasteiger partial charge in [-0.3, -0.25) is 4.79 Å². The lowest BCUT2D eigenvalue weighted by molar-refractivity contribution is -0.136. The van der Waals surface area contributed by atoms with Gasteiger partial charge in [-0.15, -0.1) is 0 Å². The average molecular weight is 494 g/mol. The number of aliphatic carboxylic acids is 1. The number of benzene rings is 3. The molecule has 190 valence electrons. The Morgan fingerprint density at radius 3 is 2.64 bits per heavy atom. The minimum Gasteiger partial charge on any atom is -0.493 e. The maximum atomic E-state index is 15.4. The molecule has 0 amide bonds. The van der Waals surface area contributed by atoms with Gasteiger partial charge in [0.25, 0.3) is 0 Å². The standard InChI is InChI=1S/C29H32FNO5/c1-19(31)25-6-4-7-26(29(25)30)23-13-21(14-24(15-23)35-17-20-9-11-34-12-10-20)18-36-27-8-3-2-5-22(27)16-28(32)33/h2-8,13-15,19-20H,9-12,16-18,31H2,1H3,(H,32,33). The second-order valence-corrected chi connectivity index (χ2v) is 9.20. The van der Waals surface area contributed by atoms with Crippen molar-refractivity contribution in [3.05, 3.63) is 83.2 Å². The van der Waals surface area contributed by atoms with Crippen molar-refractivity contribution in [2.45, 2.75) is 38.8 Å². The number of para-hydroxylation sites is 1. The molecule has 0 saturated carbocycles. The molecule has 0 aromatic heterocycles. The molecule has 1 heterocycles. The molecule has 3 aromatic carbocycles. The largest absolute Gasteiger partial charge is 0.493 e. The Morgan fingerprint density at radius 2 is 1.89 bits per heavy atom. The second kappa shape index (κ2) is 12.0. The number of halogens is 1. The van der Waals surface area contributed by atoms with Crippen LogP contribution in [-0.4, -0.2) is 30.9 Å². The first kappa shape index (κ1) is 25.7. The lowest BCUT2D eigenvalue weighted by Crippen LogP contribution is -2.21. The minimum absolute atomic E-state index is 0.134. The molecule has 3 aromatic rings. The quantitative estimate of drug-likeness (QED) is 0.386. The Balaban J connectivity index is 1.62. The van der Waals surface area contributed by atoms with Gasteiger partial charge in [0.05, 0.1) is 13.0 Å². The van der Waals surface area contributed by atoms with Crippen molar-refractivity contribution in [2.75, 3.05) is 19.8 Å². The molecule has 0 spiro atoms. The fourth-order valence-corrected chi connectivity index (χ4v) is 4.35. The van der Waals surface area contributed by atoms with Crippen LogP contribution in [0.15, 0.2) is 60.7 Å². The zero-order chi connectivity index (χ0) is 25.5. The Morgan fingerprint density at radius 1 is 1.11 bits per heavy atom. The van der Waals surface area contributed by atoms with Gasteiger partial charge in [0, 0.05) is 35.9 Å². The van der Waals surface area contributed by atoms with Crippen molar-refractivity contribution in [1.29, 1.82) is 0 Å². The molecule has 0 bridgehead atoms. The summed E-state index contributed by atoms with van der Waals surface area (Å²) in [6, 6.07) is 17.4. The van der Waals surface area contributed by atoms with Gasteiger partial charge in [-0.2, -0.15) is 0 Å². The summed E-state index contributed by atoms with van der Waals surface area (Å²) in [5.41, 5.74) is 8.90. The smallest absolute Gasteiger partial charge is 0.307 e. The number of hydrogen-bond donors (Lipinski definition) is 2. The summed E-state index contributed by atoms with van der Waals surface area (Å²) in [4.78, 5) is 11.2. The number of carboxylic acid groups (broad SMARTS) is 1. The first-order valence-corrected chi connectivity index (χ1v) is 12.2. The van der Waals surface area contributed by atoms with E-state index in [4.69, 9.17) is 19.9 Å². The second-order valence-electron chi connectivity index (χ2n) is 9.20. The number of carboxylic acids is 1. The van der Waals surface area contributed by atoms with Crippen LogP contribution in [0.1, 0.15) is 42.5 Å². The van der Waals surface area contributed by atoms with E-state index in [-0.39, 0.29) is 18.8 Å². The summed E-state index contributed by atoms with van der Waals surface area (Å²) in [5, 5.41) is 9.20. The maximum absolute atomic E-state index is 15.4. The van der Waals surface area contributed by atoms with Gasteiger partial charge in [0.2, 0.25) is 0 Å². The SMILES string of the molecule is CC(N)c1cccc(-c2cc(COc3ccccc3CC(=O)O)cc(OCC3CCOCC3)c2)c1F. The van der Waals surface area contributed by atoms with Gasteiger partial charge in [-0.25, -0.2) is 4.39 Å². The average Bonchev–Trinajstić information content (AvgIpc) is 2.87. The molecule has 3 N–H and O–H groups in total. The third-order valence-electron chi connectivity index (χ3n) is 6.33. The highest BCUT2D eigenvalue weighted by atomic mass is 19.1. The van der Waals surface area contributed by atoms with Crippen LogP contribution in [0.5, 0.6) is 11.5 Å². The summed E-state index contributed by atoms with van der Waals surface area (Å²) in [7, 11) is 0. The predicted molar refractivity (Wildman–Crippen MR) is 136 cm³/mol. The van der Waals surface area contributed by atoms with E-state index in [9.17, 15) is 9.90 Å². The summed E-state index contributed by atoms with van der Waals surface area (Å²) < 4.78 is 33.0. The molecule has 36 heavy (non-hydrogen) atoms. The Labute approximate surface area is 210 Å². The van der Waals surface area contributed by atoms with Gasteiger partial charge < -0.3 is 25.1 Å². The highest BCUT2D eigenvalue weighted by Gasteiger charge is 2.17. The Bertz CT molecular complexity index is 1190. The molecule has 0 aliphatic carbocycles. The molecule has 1 aliphatic rings. The molecular weight excluding hydrogens is 461 g/mol. The number of rotatable bonds is 10. The molecule has 4 rings (SSSR count). The van der Waals surface area contributed by atoms with Crippen molar-refractivity contribution in [2.24, 2.45) is 11.7 Å². The van der Waals surface area contributed by atoms with Crippen molar-refractivity contribution in [3.63, 3.8) is 0 Å². The lowest BCUT2D eigenvalue weighted by Gasteiger charge is -2.22. The lowest BCUT2D eigenvalue weighted by atomic mass is 9.97. The topological polar surface area (TPSA) is 91.0 Å². The number of hydrogen-bond acceptors (Lipinski definition) is 5. The van der Waals surface area contributed by atoms with Crippen molar-refractivity contribution >= 4 is 5.97 Å². The zero-order valence-electron chi connectivity index (χ0n) is 20.4. The molecule has 1 fully saturated rings. The van der Waals surface area contributed by atoms with E-state index in [0.29, 0.717) is 46.3 Å². The van der Waals surface area contributed by atoms with E-state index in [2.05, 4.69) is 0 Å². The van der Waals surface area contributed by atoms with Gasteiger partial charge in [0.15, 0.2) is 0 Å². The highest BCUT2D eigenvalue weighted by Crippen LogP contribution is 2.32. The normalized spacial score (nSPS) is 14.9. The van der Waals surface area contributed by atoms with Crippen molar-refractivity contribution in [1.82, 2.24) is 0 Å². The van der Waals surface area contributed by atoms with Crippen molar-refractivity contribution in [3.8, 4) is 22.6 Å². The van der Waals surface area contributed by atoms with Crippen LogP contribution in [0.25, 0.3) is 11.1 Å². The molecular formula is C29H32FNO5. The zero-order valence-corrected chi connectivity index (χ0v) is 20.4. The Kier molecular flexibility index (Phi) is 8.57. The van der Waals surface area contributed by atoms with Gasteiger partial charge in [-0.1, -0.05) is 36.4 Å². The van der Waals surface area contributed by atoms with Crippen LogP contribution < -0.4 is 15.2 Å². The van der Waals surface area contributed by atoms with Crippen LogP contribution in [-0.2, 0) is 22.6 Å². The first-order valence-electron chi connectivity index (χ1n) is 12.2. The van der Waals surface area contributed by atoms with E-state index >= 15 is 4.39 Å². The molecule has 1 saturated heterocycles. The van der Waals surface area contributed by atoms with E-state index < -0.39 is 12.0 Å². The number of nitrogens with two attached hydrogens (primary N) is 1. The summed E-state index contributed by atoms with van der Waals surface area (Å²) in [5.74, 6) is 0.249. The summed E-state index contributed by atoms with van der Waals surface area (Å²) in [6.45, 7) is 3.95. The maximum Gasteiger partial charge on any atom is 0.307 e. The highest BCUT2D eigenvalue weighted by molar-refractivity contribution is 5.71. The first-order chi connectivity index (χ1) is 17.4. The van der Waals surface area contributed by atoms with E-state index in [1.165, 1.54) is 0 Å². The molecule has 6 nitrogen and oxygen atoms in total. The third-order valence-corrected chi connectivity index (χ3v) is 6.33. The van der Waals surface area contributed by atoms with E-state index in [1.807, 2.05) is 18.2 Å². The van der Waals surface area contributed by atoms with Crippen LogP contribution in [0.4, 0.5) is 4.39 Å². The summed E-state index contributed by atoms with van der Waals surface area (Å²) in [6.07, 6.45) is 1.76. The molecule has 1 aliphatic heterocycles. The minimum atomic E-state index is -0.929. The van der Waals surface area contributed by atoms with Crippen LogP contribution in [0.2, 0.25) is 0 Å². The summed E-state index contributed by atoms with van der Waals surface area (Å²) >= 11 is 0. The molecule has 7 heteroatoms. The Hall–Kier alpha value is -3.42.